The summed E-state index contributed by atoms with van der Waals surface area (Å²) in [6.07, 6.45) is 8.74. The number of rotatable bonds is 20. The van der Waals surface area contributed by atoms with Crippen molar-refractivity contribution in [3.05, 3.63) is 158 Å². The third-order valence-electron chi connectivity index (χ3n) is 14.5. The van der Waals surface area contributed by atoms with Gasteiger partial charge in [-0.15, -0.1) is 22.1 Å². The molecule has 0 radical (unpaired) electrons. The summed E-state index contributed by atoms with van der Waals surface area (Å²) in [4.78, 5) is 41.0. The molecular formula is C68H80Br4N12Zn. The van der Waals surface area contributed by atoms with Crippen molar-refractivity contribution in [2.75, 3.05) is 113 Å². The first-order valence-corrected chi connectivity index (χ1v) is 31.5. The number of fused-ring (bicyclic) bond motifs is 8. The van der Waals surface area contributed by atoms with Crippen LogP contribution in [0.3, 0.4) is 0 Å². The van der Waals surface area contributed by atoms with Crippen LogP contribution in [0.1, 0.15) is 67.3 Å². The Morgan fingerprint density at radius 2 is 0.435 bits per heavy atom. The molecule has 12 nitrogen and oxygen atoms in total. The first-order chi connectivity index (χ1) is 39.8. The van der Waals surface area contributed by atoms with E-state index in [2.05, 4.69) is 313 Å². The Morgan fingerprint density at radius 3 is 0.576 bits per heavy atom. The Bertz CT molecular complexity index is 3240. The van der Waals surface area contributed by atoms with Crippen LogP contribution >= 0.6 is 63.7 Å². The Labute approximate surface area is 551 Å². The molecule has 0 amide bonds. The summed E-state index contributed by atoms with van der Waals surface area (Å²) in [5.41, 5.74) is 24.0. The molecule has 4 aromatic carbocycles. The van der Waals surface area contributed by atoms with Gasteiger partial charge in [-0.05, 0) is 275 Å². The van der Waals surface area contributed by atoms with Gasteiger partial charge in [0.1, 0.15) is 0 Å². The molecule has 442 valence electrons. The number of benzene rings is 4. The third kappa shape index (κ3) is 15.6. The molecule has 0 spiro atoms. The minimum Gasteiger partial charge on any atom is -0.657 e. The monoisotopic (exact) mass is 1440 g/mol. The average Bonchev–Trinajstić information content (AvgIpc) is 2.14. The maximum Gasteiger partial charge on any atom is 2.00 e. The Kier molecular flexibility index (Phi) is 22.3. The molecule has 7 aromatic rings. The van der Waals surface area contributed by atoms with Crippen LogP contribution in [-0.2, 0) is 71.8 Å². The van der Waals surface area contributed by atoms with Crippen molar-refractivity contribution in [1.29, 1.82) is 0 Å². The first-order valence-electron chi connectivity index (χ1n) is 28.3. The summed E-state index contributed by atoms with van der Waals surface area (Å²) >= 11 is 16.3. The predicted octanol–water partition coefficient (Wildman–Crippen LogP) is 14.1. The molecular weight excluding hydrogens is 1370 g/mol. The largest absolute Gasteiger partial charge is 2.00 e. The van der Waals surface area contributed by atoms with Crippen molar-refractivity contribution in [1.82, 2.24) is 59.1 Å². The number of aromatic nitrogens is 4. The van der Waals surface area contributed by atoms with Gasteiger partial charge >= 0.3 is 19.5 Å². The van der Waals surface area contributed by atoms with E-state index in [1.807, 2.05) is 0 Å². The fourth-order valence-corrected chi connectivity index (χ4v) is 13.4. The van der Waals surface area contributed by atoms with Crippen LogP contribution in [0.5, 0.6) is 0 Å². The molecule has 0 aliphatic carbocycles. The van der Waals surface area contributed by atoms with Crippen molar-refractivity contribution < 1.29 is 19.5 Å². The molecule has 0 unspecified atom stereocenters. The second kappa shape index (κ2) is 28.5. The third-order valence-corrected chi connectivity index (χ3v) is 18.6. The fourth-order valence-electron chi connectivity index (χ4n) is 11.5. The van der Waals surface area contributed by atoms with Gasteiger partial charge in [0.05, 0.1) is 22.8 Å². The molecule has 85 heavy (non-hydrogen) atoms. The van der Waals surface area contributed by atoms with Gasteiger partial charge in [0.2, 0.25) is 0 Å². The van der Waals surface area contributed by atoms with E-state index < -0.39 is 0 Å². The van der Waals surface area contributed by atoms with Gasteiger partial charge in [0.15, 0.2) is 0 Å². The normalized spacial score (nSPS) is 12.6. The molecule has 0 saturated heterocycles. The molecule has 9 rings (SSSR count). The molecule has 17 heteroatoms. The van der Waals surface area contributed by atoms with Crippen LogP contribution < -0.4 is 9.97 Å². The second-order valence-electron chi connectivity index (χ2n) is 24.7. The minimum absolute atomic E-state index is 0. The summed E-state index contributed by atoms with van der Waals surface area (Å²) in [6, 6.07) is 27.3. The van der Waals surface area contributed by atoms with Crippen LogP contribution in [0, 0.1) is 0 Å². The van der Waals surface area contributed by atoms with Crippen LogP contribution in [0.4, 0.5) is 0 Å². The molecule has 2 aliphatic rings. The summed E-state index contributed by atoms with van der Waals surface area (Å²) in [7, 11) is 34.0. The van der Waals surface area contributed by atoms with Gasteiger partial charge < -0.3 is 49.2 Å². The second-order valence-corrected chi connectivity index (χ2v) is 27.9. The average molecular weight is 1450 g/mol. The van der Waals surface area contributed by atoms with Crippen LogP contribution in [0.25, 0.3) is 90.9 Å². The van der Waals surface area contributed by atoms with E-state index in [-0.39, 0.29) is 19.5 Å². The Hall–Kier alpha value is -4.30. The molecule has 3 aromatic heterocycles. The van der Waals surface area contributed by atoms with Crippen LogP contribution in [0.15, 0.2) is 90.7 Å². The van der Waals surface area contributed by atoms with Crippen LogP contribution in [-0.4, -0.2) is 162 Å². The number of hydrogen-bond acceptors (Lipinski definition) is 10. The maximum absolute atomic E-state index is 5.80. The zero-order chi connectivity index (χ0) is 60.6. The van der Waals surface area contributed by atoms with Crippen molar-refractivity contribution >= 4 is 110 Å². The summed E-state index contributed by atoms with van der Waals surface area (Å²) in [6.45, 7) is 5.91. The smallest absolute Gasteiger partial charge is 0.657 e. The first kappa shape index (κ1) is 66.7. The maximum atomic E-state index is 5.80. The van der Waals surface area contributed by atoms with E-state index in [1.54, 1.807) is 0 Å². The molecule has 0 saturated carbocycles. The quantitative estimate of drug-likeness (QED) is 0.0682. The zero-order valence-electron chi connectivity index (χ0n) is 52.5. The topological polar surface area (TPSA) is 79.9 Å². The van der Waals surface area contributed by atoms with Crippen molar-refractivity contribution in [2.24, 2.45) is 0 Å². The van der Waals surface area contributed by atoms with Crippen molar-refractivity contribution in [3.63, 3.8) is 0 Å². The van der Waals surface area contributed by atoms with E-state index in [4.69, 9.17) is 19.9 Å². The van der Waals surface area contributed by atoms with E-state index in [1.165, 1.54) is 44.5 Å². The Balaban J connectivity index is 0.00000940. The van der Waals surface area contributed by atoms with Gasteiger partial charge in [-0.1, -0.05) is 88.0 Å². The summed E-state index contributed by atoms with van der Waals surface area (Å²) in [5.74, 6) is 0. The standard InChI is InChI=1S/C68H80Br4N12.Zn/c1-77(2)33-45-25-41(26-46(65(45)69)34-78(3)4)61-53-17-19-55(73-53)62(42-27-47(35-79(5)6)66(70)48(28-42)36-80(7)8)57-21-23-59(75-57)64(44-31-51(39-83(13)14)68(72)52(32-44)40-84(15)16)60-24-22-58(76-60)63(56-20-18-54(61)74-56)43-29-49(37-81(9)10)67(71)50(30-43)38-82(11)12;/h17-32H,33-40H2,1-16H3;/q-2;+2. The zero-order valence-corrected chi connectivity index (χ0v) is 61.8. The van der Waals surface area contributed by atoms with Gasteiger partial charge in [0.25, 0.3) is 0 Å². The molecule has 0 N–H and O–H groups in total. The summed E-state index contributed by atoms with van der Waals surface area (Å²) < 4.78 is 4.42. The van der Waals surface area contributed by atoms with Crippen molar-refractivity contribution in [2.45, 2.75) is 52.4 Å². The Morgan fingerprint density at radius 1 is 0.282 bits per heavy atom. The number of nitrogens with zero attached hydrogens (tertiary/aromatic N) is 12. The van der Waals surface area contributed by atoms with E-state index >= 15 is 0 Å². The van der Waals surface area contributed by atoms with Gasteiger partial charge in [-0.3, -0.25) is 0 Å². The minimum atomic E-state index is 0. The van der Waals surface area contributed by atoms with Crippen molar-refractivity contribution in [3.8, 4) is 44.5 Å². The van der Waals surface area contributed by atoms with E-state index in [9.17, 15) is 0 Å². The number of halogens is 4. The van der Waals surface area contributed by atoms with Gasteiger partial charge in [0, 0.05) is 70.2 Å². The number of hydrogen-bond donors (Lipinski definition) is 0. The summed E-state index contributed by atoms with van der Waals surface area (Å²) in [5, 5.41) is 0. The predicted molar refractivity (Wildman–Crippen MR) is 368 cm³/mol. The van der Waals surface area contributed by atoms with Gasteiger partial charge in [-0.2, -0.15) is 0 Å². The SMILES string of the molecule is CN(C)Cc1cc(-c2c3nc(c(-c4cc(CN(C)C)c(Br)c(CN(C)C)c4)c4ccc([n-]4)c(-c4cc(CN(C)C)c(Br)c(CN(C)C)c4)c4nc(c(-c5cc(CN(C)C)c(Br)c(CN(C)C)c5)c5ccc2[n-]5)C=C4)C=C3)cc(CN(C)C)c1Br.[Zn+2]. The van der Waals surface area contributed by atoms with E-state index in [0.717, 1.165) is 160 Å². The fraction of sp³-hybridized carbons (Fsp3) is 0.353. The molecule has 0 fully saturated rings. The molecule has 8 bridgehead atoms. The molecule has 2 aliphatic heterocycles. The van der Waals surface area contributed by atoms with Crippen LogP contribution in [0.2, 0.25) is 0 Å². The van der Waals surface area contributed by atoms with E-state index in [0.29, 0.717) is 0 Å². The molecule has 0 atom stereocenters. The van der Waals surface area contributed by atoms with Gasteiger partial charge in [-0.25, -0.2) is 9.97 Å². The molecule has 5 heterocycles.